The molecular formula is C19H23N3. The van der Waals surface area contributed by atoms with Crippen LogP contribution in [-0.4, -0.2) is 18.1 Å². The highest BCUT2D eigenvalue weighted by molar-refractivity contribution is 5.76. The molecule has 1 aromatic rings. The lowest BCUT2D eigenvalue weighted by atomic mass is 10.1. The molecule has 0 bridgehead atoms. The zero-order valence-electron chi connectivity index (χ0n) is 13.4. The number of aromatic nitrogens is 1. The van der Waals surface area contributed by atoms with Crippen molar-refractivity contribution in [2.75, 3.05) is 18.0 Å². The lowest BCUT2D eigenvalue weighted by molar-refractivity contribution is 0.942. The third-order valence-electron chi connectivity index (χ3n) is 3.90. The van der Waals surface area contributed by atoms with E-state index in [2.05, 4.69) is 40.9 Å². The van der Waals surface area contributed by atoms with Crippen LogP contribution < -0.4 is 4.90 Å². The van der Waals surface area contributed by atoms with Crippen molar-refractivity contribution in [1.82, 2.24) is 4.98 Å². The van der Waals surface area contributed by atoms with Crippen molar-refractivity contribution in [3.05, 3.63) is 35.6 Å². The van der Waals surface area contributed by atoms with Gasteiger partial charge in [-0.3, -0.25) is 0 Å². The van der Waals surface area contributed by atoms with E-state index >= 15 is 0 Å². The number of terminal acetylenes is 1. The van der Waals surface area contributed by atoms with E-state index in [1.54, 1.807) is 0 Å². The molecule has 3 heteroatoms. The lowest BCUT2D eigenvalue weighted by Crippen LogP contribution is -2.18. The zero-order chi connectivity index (χ0) is 15.9. The Balaban J connectivity index is 2.33. The zero-order valence-corrected chi connectivity index (χ0v) is 13.4. The molecular weight excluding hydrogens is 270 g/mol. The van der Waals surface area contributed by atoms with Gasteiger partial charge in [-0.1, -0.05) is 31.1 Å². The fourth-order valence-electron chi connectivity index (χ4n) is 2.67. The third kappa shape index (κ3) is 3.62. The molecule has 1 atom stereocenters. The average Bonchev–Trinajstić information content (AvgIpc) is 3.19. The summed E-state index contributed by atoms with van der Waals surface area (Å²) in [7, 11) is 0. The second-order valence-corrected chi connectivity index (χ2v) is 5.63. The van der Waals surface area contributed by atoms with E-state index in [1.165, 1.54) is 12.8 Å². The number of hydrogen-bond acceptors (Lipinski definition) is 2. The Bertz CT molecular complexity index is 643. The van der Waals surface area contributed by atoms with Gasteiger partial charge in [0.15, 0.2) is 0 Å². The second kappa shape index (κ2) is 7.57. The van der Waals surface area contributed by atoms with E-state index in [1.807, 2.05) is 19.1 Å². The topological polar surface area (TPSA) is 42.8 Å². The summed E-state index contributed by atoms with van der Waals surface area (Å²) >= 11 is 0. The van der Waals surface area contributed by atoms with E-state index in [-0.39, 0.29) is 5.92 Å². The van der Waals surface area contributed by atoms with Crippen LogP contribution in [0.5, 0.6) is 0 Å². The number of anilines is 1. The number of nitriles is 1. The van der Waals surface area contributed by atoms with Crippen molar-refractivity contribution in [3.63, 3.8) is 0 Å². The Kier molecular flexibility index (Phi) is 5.50. The van der Waals surface area contributed by atoms with Crippen molar-refractivity contribution < 1.29 is 0 Å². The fourth-order valence-corrected chi connectivity index (χ4v) is 2.67. The lowest BCUT2D eigenvalue weighted by Gasteiger charge is -2.15. The van der Waals surface area contributed by atoms with E-state index in [4.69, 9.17) is 6.42 Å². The second-order valence-electron chi connectivity index (χ2n) is 5.63. The maximum Gasteiger partial charge on any atom is 0.124 e. The first kappa shape index (κ1) is 16.0. The van der Waals surface area contributed by atoms with Gasteiger partial charge < -0.3 is 9.88 Å². The first-order chi connectivity index (χ1) is 10.7. The summed E-state index contributed by atoms with van der Waals surface area (Å²) in [6.07, 6.45) is 15.0. The van der Waals surface area contributed by atoms with Gasteiger partial charge in [-0.25, -0.2) is 0 Å². The van der Waals surface area contributed by atoms with E-state index in [9.17, 15) is 5.26 Å². The molecule has 0 aromatic carbocycles. The highest BCUT2D eigenvalue weighted by Crippen LogP contribution is 2.28. The molecule has 114 valence electrons. The van der Waals surface area contributed by atoms with Gasteiger partial charge in [0.2, 0.25) is 0 Å². The molecule has 1 aliphatic rings. The number of H-pyrrole nitrogens is 1. The summed E-state index contributed by atoms with van der Waals surface area (Å²) in [5.74, 6) is 3.76. The fraction of sp³-hybridized carbons (Fsp3) is 0.421. The molecule has 0 saturated carbocycles. The Hall–Kier alpha value is -2.39. The summed E-state index contributed by atoms with van der Waals surface area (Å²) in [5, 5.41) is 9.40. The Morgan fingerprint density at radius 2 is 2.23 bits per heavy atom. The number of nitrogens with zero attached hydrogens (tertiary/aromatic N) is 2. The number of allylic oxidation sites excluding steroid dienone is 4. The minimum absolute atomic E-state index is 0.101. The molecule has 3 nitrogen and oxygen atoms in total. The van der Waals surface area contributed by atoms with Gasteiger partial charge in [-0.15, -0.1) is 6.42 Å². The van der Waals surface area contributed by atoms with Gasteiger partial charge >= 0.3 is 0 Å². The van der Waals surface area contributed by atoms with Crippen LogP contribution in [0.3, 0.4) is 0 Å². The SMILES string of the molecule is C#CC(C)/C=C\C(=C/CC)c1cc(C#N)c(N2CCCC2)[nH]1. The molecule has 0 spiro atoms. The Morgan fingerprint density at radius 3 is 2.82 bits per heavy atom. The van der Waals surface area contributed by atoms with Crippen LogP contribution >= 0.6 is 0 Å². The van der Waals surface area contributed by atoms with E-state index in [0.29, 0.717) is 0 Å². The largest absolute Gasteiger partial charge is 0.357 e. The molecule has 1 aliphatic heterocycles. The van der Waals surface area contributed by atoms with Crippen molar-refractivity contribution in [2.24, 2.45) is 5.92 Å². The highest BCUT2D eigenvalue weighted by Gasteiger charge is 2.19. The molecule has 1 unspecified atom stereocenters. The molecule has 2 rings (SSSR count). The number of rotatable bonds is 5. The summed E-state index contributed by atoms with van der Waals surface area (Å²) < 4.78 is 0. The smallest absolute Gasteiger partial charge is 0.124 e. The van der Waals surface area contributed by atoms with Gasteiger partial charge in [0.25, 0.3) is 0 Å². The molecule has 0 aliphatic carbocycles. The minimum atomic E-state index is 0.101. The maximum atomic E-state index is 9.40. The van der Waals surface area contributed by atoms with Gasteiger partial charge in [0.05, 0.1) is 5.56 Å². The van der Waals surface area contributed by atoms with Crippen LogP contribution in [0.1, 0.15) is 44.4 Å². The van der Waals surface area contributed by atoms with E-state index in [0.717, 1.165) is 42.2 Å². The van der Waals surface area contributed by atoms with Crippen LogP contribution in [0.15, 0.2) is 24.3 Å². The highest BCUT2D eigenvalue weighted by atomic mass is 15.2. The van der Waals surface area contributed by atoms with Crippen molar-refractivity contribution in [2.45, 2.75) is 33.1 Å². The van der Waals surface area contributed by atoms with Crippen molar-refractivity contribution in [1.29, 1.82) is 5.26 Å². The van der Waals surface area contributed by atoms with Gasteiger partial charge in [0.1, 0.15) is 11.9 Å². The first-order valence-corrected chi connectivity index (χ1v) is 7.92. The van der Waals surface area contributed by atoms with E-state index < -0.39 is 0 Å². The summed E-state index contributed by atoms with van der Waals surface area (Å²) in [6.45, 7) is 6.13. The summed E-state index contributed by atoms with van der Waals surface area (Å²) in [6, 6.07) is 4.25. The number of nitrogens with one attached hydrogen (secondary N) is 1. The summed E-state index contributed by atoms with van der Waals surface area (Å²) in [5.41, 5.74) is 2.80. The average molecular weight is 293 g/mol. The van der Waals surface area contributed by atoms with Crippen molar-refractivity contribution in [3.8, 4) is 18.4 Å². The molecule has 1 saturated heterocycles. The molecule has 1 fully saturated rings. The normalized spacial score (nSPS) is 16.7. The van der Waals surface area contributed by atoms with Crippen LogP contribution in [0.2, 0.25) is 0 Å². The Labute approximate surface area is 133 Å². The monoisotopic (exact) mass is 293 g/mol. The number of aromatic amines is 1. The Morgan fingerprint density at radius 1 is 1.50 bits per heavy atom. The minimum Gasteiger partial charge on any atom is -0.357 e. The molecule has 0 radical (unpaired) electrons. The number of hydrogen-bond donors (Lipinski definition) is 1. The van der Waals surface area contributed by atoms with Crippen molar-refractivity contribution >= 4 is 11.4 Å². The van der Waals surface area contributed by atoms with Crippen LogP contribution in [0, 0.1) is 29.6 Å². The molecule has 0 amide bonds. The molecule has 2 heterocycles. The van der Waals surface area contributed by atoms with Crippen LogP contribution in [0.4, 0.5) is 5.82 Å². The van der Waals surface area contributed by atoms with Gasteiger partial charge in [-0.2, -0.15) is 5.26 Å². The maximum absolute atomic E-state index is 9.40. The standard InChI is InChI=1S/C19H23N3/c1-4-8-16(10-9-15(3)5-2)18-13-17(14-20)19(21-18)22-11-6-7-12-22/h2,8-10,13,15,21H,4,6-7,11-12H2,1,3H3/b10-9-,16-8+. The molecule has 22 heavy (non-hydrogen) atoms. The molecule has 1 N–H and O–H groups in total. The first-order valence-electron chi connectivity index (χ1n) is 7.92. The van der Waals surface area contributed by atoms with Gasteiger partial charge in [-0.05, 0) is 37.8 Å². The predicted octanol–water partition coefficient (Wildman–Crippen LogP) is 4.11. The third-order valence-corrected chi connectivity index (χ3v) is 3.90. The van der Waals surface area contributed by atoms with Gasteiger partial charge in [0, 0.05) is 24.7 Å². The predicted molar refractivity (Wildman–Crippen MR) is 92.4 cm³/mol. The molecule has 1 aromatic heterocycles. The quantitative estimate of drug-likeness (QED) is 0.656. The van der Waals surface area contributed by atoms with Crippen LogP contribution in [-0.2, 0) is 0 Å². The summed E-state index contributed by atoms with van der Waals surface area (Å²) in [4.78, 5) is 5.70. The van der Waals surface area contributed by atoms with Crippen LogP contribution in [0.25, 0.3) is 5.57 Å².